The number of guanidine groups is 2. The normalized spacial score (nSPS) is 30.6. The highest BCUT2D eigenvalue weighted by molar-refractivity contribution is 7.80. The van der Waals surface area contributed by atoms with E-state index in [1.807, 2.05) is 0 Å². The maximum atomic E-state index is 12.3. The van der Waals surface area contributed by atoms with E-state index in [0.717, 1.165) is 4.90 Å². The minimum absolute atomic E-state index is 0.0415. The number of carbonyl (C=O) groups is 1. The lowest BCUT2D eigenvalue weighted by Gasteiger charge is -2.48. The number of nitrogens with two attached hydrogens (primary N) is 2. The van der Waals surface area contributed by atoms with E-state index in [1.165, 1.54) is 24.3 Å². The van der Waals surface area contributed by atoms with Crippen LogP contribution in [0.5, 0.6) is 5.75 Å². The Bertz CT molecular complexity index is 1110. The number of nitrogens with one attached hydrogen (secondary N) is 1. The first-order chi connectivity index (χ1) is 14.8. The molecule has 0 bridgehead atoms. The number of aliphatic imine (C=N–C) groups is 2. The first kappa shape index (κ1) is 22.0. The molecule has 15 nitrogen and oxygen atoms in total. The summed E-state index contributed by atoms with van der Waals surface area (Å²) < 4.78 is 41.1. The molecule has 16 heteroatoms. The van der Waals surface area contributed by atoms with Gasteiger partial charge in [-0.25, -0.2) is 19.0 Å². The Balaban J connectivity index is 1.62. The van der Waals surface area contributed by atoms with E-state index in [1.54, 1.807) is 0 Å². The molecule has 1 fully saturated rings. The summed E-state index contributed by atoms with van der Waals surface area (Å²) in [5.41, 5.74) is 9.86. The second-order valence-electron chi connectivity index (χ2n) is 7.40. The number of hydrogen-bond acceptors (Lipinski definition) is 14. The van der Waals surface area contributed by atoms with Gasteiger partial charge in [-0.05, 0) is 24.3 Å². The first-order valence-corrected chi connectivity index (χ1v) is 10.5. The van der Waals surface area contributed by atoms with E-state index in [9.17, 15) is 28.5 Å². The Morgan fingerprint density at radius 1 is 1.25 bits per heavy atom. The average molecular weight is 472 g/mol. The van der Waals surface area contributed by atoms with Crippen LogP contribution >= 0.6 is 0 Å². The van der Waals surface area contributed by atoms with Crippen LogP contribution in [0.1, 0.15) is 10.4 Å². The van der Waals surface area contributed by atoms with Crippen LogP contribution in [-0.4, -0.2) is 93.9 Å². The predicted octanol–water partition coefficient (Wildman–Crippen LogP) is -3.59. The van der Waals surface area contributed by atoms with Crippen molar-refractivity contribution in [3.63, 3.8) is 0 Å². The second-order valence-corrected chi connectivity index (χ2v) is 8.45. The molecular weight excluding hydrogens is 452 g/mol. The minimum Gasteiger partial charge on any atom is -0.508 e. The van der Waals surface area contributed by atoms with Crippen molar-refractivity contribution in [3.8, 4) is 5.75 Å². The largest absolute Gasteiger partial charge is 0.508 e. The lowest BCUT2D eigenvalue weighted by Crippen LogP contribution is -2.77. The van der Waals surface area contributed by atoms with E-state index in [0.29, 0.717) is 0 Å². The number of ether oxygens (including phenoxy) is 1. The molecule has 0 aromatic heterocycles. The van der Waals surface area contributed by atoms with Crippen LogP contribution < -0.4 is 16.8 Å². The van der Waals surface area contributed by atoms with Crippen molar-refractivity contribution in [1.82, 2.24) is 10.2 Å². The quantitative estimate of drug-likeness (QED) is 0.125. The van der Waals surface area contributed by atoms with Gasteiger partial charge in [0.15, 0.2) is 23.7 Å². The van der Waals surface area contributed by atoms with Gasteiger partial charge in [0.2, 0.25) is 5.79 Å². The molecule has 1 spiro atoms. The highest BCUT2D eigenvalue weighted by Crippen LogP contribution is 2.46. The van der Waals surface area contributed by atoms with Gasteiger partial charge in [0, 0.05) is 0 Å². The molecule has 3 heterocycles. The number of carbonyl (C=O) groups excluding carboxylic acids is 1. The van der Waals surface area contributed by atoms with Crippen LogP contribution in [0.3, 0.4) is 0 Å². The summed E-state index contributed by atoms with van der Waals surface area (Å²) in [6, 6.07) is 3.02. The minimum atomic E-state index is -5.06. The smallest absolute Gasteiger partial charge is 0.397 e. The average Bonchev–Trinajstić information content (AvgIpc) is 3.15. The molecule has 4 atom stereocenters. The number of hydrogen-bond donors (Lipinski definition) is 7. The van der Waals surface area contributed by atoms with Crippen LogP contribution in [0, 0.1) is 0 Å². The number of phenolic OH excluding ortho intramolecular Hbond substituents is 1. The fourth-order valence-electron chi connectivity index (χ4n) is 4.13. The third-order valence-corrected chi connectivity index (χ3v) is 5.95. The van der Waals surface area contributed by atoms with Crippen molar-refractivity contribution in [1.29, 1.82) is 0 Å². The number of aliphatic hydroxyl groups is 2. The molecule has 3 aliphatic heterocycles. The molecule has 1 aromatic carbocycles. The molecule has 174 valence electrons. The maximum Gasteiger partial charge on any atom is 0.397 e. The number of nitrogens with zero attached hydrogens (tertiary/aromatic N) is 3. The SMILES string of the molecule is NC1=N[C@H]2[C@H](COC(=O)c3ccc(O)cc3)N=C(N)N3C[C@@H](OS(=O)(=O)O)C(O)(O)[C@]23N1. The van der Waals surface area contributed by atoms with Crippen molar-refractivity contribution in [2.24, 2.45) is 21.5 Å². The number of aromatic hydroxyl groups is 1. The Kier molecular flexibility index (Phi) is 4.94. The maximum absolute atomic E-state index is 12.3. The highest BCUT2D eigenvalue weighted by Gasteiger charge is 2.74. The lowest BCUT2D eigenvalue weighted by atomic mass is 9.86. The molecule has 0 aliphatic carbocycles. The highest BCUT2D eigenvalue weighted by atomic mass is 32.3. The predicted molar refractivity (Wildman–Crippen MR) is 105 cm³/mol. The Hall–Kier alpha value is -3.18. The topological polar surface area (TPSA) is 243 Å². The van der Waals surface area contributed by atoms with Crippen LogP contribution in [0.25, 0.3) is 0 Å². The van der Waals surface area contributed by atoms with Gasteiger partial charge in [0.25, 0.3) is 0 Å². The first-order valence-electron chi connectivity index (χ1n) is 9.14. The van der Waals surface area contributed by atoms with Crippen LogP contribution in [0.4, 0.5) is 0 Å². The lowest BCUT2D eigenvalue weighted by molar-refractivity contribution is -0.252. The molecule has 0 radical (unpaired) electrons. The number of benzene rings is 1. The fourth-order valence-corrected chi connectivity index (χ4v) is 4.61. The van der Waals surface area contributed by atoms with E-state index in [2.05, 4.69) is 19.5 Å². The number of rotatable bonds is 5. The second kappa shape index (κ2) is 7.17. The van der Waals surface area contributed by atoms with Gasteiger partial charge in [0.05, 0.1) is 12.1 Å². The van der Waals surface area contributed by atoms with Gasteiger partial charge >= 0.3 is 16.4 Å². The Labute approximate surface area is 180 Å². The van der Waals surface area contributed by atoms with Crippen LogP contribution in [-0.2, 0) is 19.3 Å². The zero-order valence-electron chi connectivity index (χ0n) is 16.2. The molecule has 0 amide bonds. The molecule has 1 aromatic rings. The molecular formula is C16H20N6O9S. The Morgan fingerprint density at radius 2 is 1.91 bits per heavy atom. The van der Waals surface area contributed by atoms with E-state index >= 15 is 0 Å². The summed E-state index contributed by atoms with van der Waals surface area (Å²) in [5, 5.41) is 33.7. The zero-order valence-corrected chi connectivity index (χ0v) is 17.0. The van der Waals surface area contributed by atoms with Gasteiger partial charge in [-0.1, -0.05) is 0 Å². The molecule has 3 aliphatic rings. The third-order valence-electron chi connectivity index (χ3n) is 5.47. The summed E-state index contributed by atoms with van der Waals surface area (Å²) >= 11 is 0. The van der Waals surface area contributed by atoms with E-state index in [-0.39, 0.29) is 23.2 Å². The van der Waals surface area contributed by atoms with Crippen molar-refractivity contribution in [3.05, 3.63) is 29.8 Å². The number of phenols is 1. The fraction of sp³-hybridized carbons (Fsp3) is 0.438. The van der Waals surface area contributed by atoms with Gasteiger partial charge in [-0.3, -0.25) is 4.55 Å². The molecule has 4 rings (SSSR count). The van der Waals surface area contributed by atoms with Gasteiger partial charge in [-0.2, -0.15) is 8.42 Å². The van der Waals surface area contributed by atoms with Gasteiger partial charge in [0.1, 0.15) is 24.4 Å². The zero-order chi connectivity index (χ0) is 23.5. The molecule has 0 saturated carbocycles. The van der Waals surface area contributed by atoms with Crippen molar-refractivity contribution >= 4 is 28.3 Å². The summed E-state index contributed by atoms with van der Waals surface area (Å²) in [4.78, 5) is 21.7. The molecule has 1 saturated heterocycles. The van der Waals surface area contributed by atoms with Gasteiger partial charge in [-0.15, -0.1) is 0 Å². The van der Waals surface area contributed by atoms with Gasteiger partial charge < -0.3 is 41.7 Å². The van der Waals surface area contributed by atoms with Crippen LogP contribution in [0.15, 0.2) is 34.3 Å². The molecule has 32 heavy (non-hydrogen) atoms. The van der Waals surface area contributed by atoms with E-state index in [4.69, 9.17) is 20.8 Å². The van der Waals surface area contributed by atoms with E-state index < -0.39 is 59.2 Å². The molecule has 9 N–H and O–H groups in total. The van der Waals surface area contributed by atoms with Crippen molar-refractivity contribution in [2.45, 2.75) is 29.6 Å². The van der Waals surface area contributed by atoms with Crippen molar-refractivity contribution < 1.29 is 42.0 Å². The number of esters is 1. The Morgan fingerprint density at radius 3 is 2.53 bits per heavy atom. The third kappa shape index (κ3) is 3.37. The summed E-state index contributed by atoms with van der Waals surface area (Å²) in [6.45, 7) is -0.909. The van der Waals surface area contributed by atoms with Crippen LogP contribution in [0.2, 0.25) is 0 Å². The monoisotopic (exact) mass is 472 g/mol. The summed E-state index contributed by atoms with van der Waals surface area (Å²) in [5.74, 6) is -4.28. The summed E-state index contributed by atoms with van der Waals surface area (Å²) in [6.07, 6.45) is -1.89. The standard InChI is InChI=1S/C16H20N6O9S/c17-13-20-11-9(6-30-12(24)7-1-3-8(23)4-2-7)19-14(18)22-5-10(31-32(27,28)29)16(25,26)15(11,22)21-13/h1-4,9-11,23,25-26H,5-6H2,(H2,18,19)(H3,17,20,21)(H,27,28,29)/t9-,10+,11-,15-/m0/s1. The molecule has 0 unspecified atom stereocenters. The van der Waals surface area contributed by atoms with Crippen molar-refractivity contribution in [2.75, 3.05) is 13.2 Å². The summed E-state index contributed by atoms with van der Waals surface area (Å²) in [7, 11) is -5.06.